The Kier molecular flexibility index (Phi) is 13.8. The molecule has 2 N–H and O–H groups in total. The quantitative estimate of drug-likeness (QED) is 0.462. The number of halogens is 2. The first kappa shape index (κ1) is 23.6. The maximum atomic E-state index is 11.5. The summed E-state index contributed by atoms with van der Waals surface area (Å²) in [7, 11) is 3.01. The fourth-order valence-corrected chi connectivity index (χ4v) is 1.81. The van der Waals surface area contributed by atoms with Crippen molar-refractivity contribution in [3.63, 3.8) is 0 Å². The number of ether oxygens (including phenoxy) is 2. The van der Waals surface area contributed by atoms with Gasteiger partial charge in [0, 0.05) is 14.2 Å². The van der Waals surface area contributed by atoms with Gasteiger partial charge in [-0.25, -0.2) is 0 Å². The van der Waals surface area contributed by atoms with Crippen LogP contribution < -0.4 is 5.32 Å². The predicted octanol–water partition coefficient (Wildman–Crippen LogP) is 1.80. The Bertz CT molecular complexity index is 404. The zero-order valence-electron chi connectivity index (χ0n) is 13.4. The van der Waals surface area contributed by atoms with Gasteiger partial charge in [0.15, 0.2) is 0 Å². The van der Waals surface area contributed by atoms with Gasteiger partial charge >= 0.3 is 5.97 Å². The molecule has 0 radical (unpaired) electrons. The summed E-state index contributed by atoms with van der Waals surface area (Å²) in [4.78, 5) is 20.6. The van der Waals surface area contributed by atoms with E-state index >= 15 is 0 Å². The van der Waals surface area contributed by atoms with Gasteiger partial charge in [-0.1, -0.05) is 37.8 Å². The molecule has 0 aromatic heterocycles. The number of alkyl halides is 2. The van der Waals surface area contributed by atoms with E-state index in [2.05, 4.69) is 53.8 Å². The zero-order chi connectivity index (χ0) is 17.8. The summed E-state index contributed by atoms with van der Waals surface area (Å²) in [5.74, 6) is 4.67. The number of aliphatic carboxylic acids is 1. The number of hydrogen-bond acceptors (Lipinski definition) is 4. The van der Waals surface area contributed by atoms with Crippen LogP contribution in [0.1, 0.15) is 20.8 Å². The largest absolute Gasteiger partial charge is 0.480 e. The number of carbonyl (C=O) groups is 2. The molecule has 8 heteroatoms. The van der Waals surface area contributed by atoms with E-state index in [0.29, 0.717) is 6.61 Å². The summed E-state index contributed by atoms with van der Waals surface area (Å²) in [6, 6.07) is 0. The SMILES string of the molecule is CC#CC(C)(C)NC(=O)C(Br)COC.COCC(Br)C(=O)O. The van der Waals surface area contributed by atoms with E-state index in [1.54, 1.807) is 14.0 Å². The molecule has 0 saturated heterocycles. The predicted molar refractivity (Wildman–Crippen MR) is 92.5 cm³/mol. The highest BCUT2D eigenvalue weighted by molar-refractivity contribution is 9.10. The van der Waals surface area contributed by atoms with Crippen LogP contribution >= 0.6 is 31.9 Å². The molecule has 2 unspecified atom stereocenters. The van der Waals surface area contributed by atoms with Crippen LogP contribution in [0.3, 0.4) is 0 Å². The summed E-state index contributed by atoms with van der Waals surface area (Å²) >= 11 is 6.10. The second kappa shape index (κ2) is 12.9. The second-order valence-electron chi connectivity index (χ2n) is 4.67. The van der Waals surface area contributed by atoms with E-state index < -0.39 is 16.3 Å². The number of carboxylic acids is 1. The van der Waals surface area contributed by atoms with E-state index in [0.717, 1.165) is 0 Å². The molecule has 0 aliphatic carbocycles. The van der Waals surface area contributed by atoms with Gasteiger partial charge in [-0.15, -0.1) is 5.92 Å². The van der Waals surface area contributed by atoms with Crippen LogP contribution in [0.2, 0.25) is 0 Å². The second-order valence-corrected chi connectivity index (χ2v) is 6.88. The molecule has 6 nitrogen and oxygen atoms in total. The smallest absolute Gasteiger partial charge is 0.319 e. The third-order valence-corrected chi connectivity index (χ3v) is 3.39. The van der Waals surface area contributed by atoms with Crippen LogP contribution in [-0.4, -0.2) is 59.6 Å². The molecule has 22 heavy (non-hydrogen) atoms. The van der Waals surface area contributed by atoms with Crippen molar-refractivity contribution in [2.45, 2.75) is 36.0 Å². The zero-order valence-corrected chi connectivity index (χ0v) is 16.6. The van der Waals surface area contributed by atoms with Gasteiger partial charge in [-0.2, -0.15) is 0 Å². The minimum Gasteiger partial charge on any atom is -0.480 e. The third kappa shape index (κ3) is 13.1. The minimum atomic E-state index is -0.896. The van der Waals surface area contributed by atoms with Gasteiger partial charge in [-0.3, -0.25) is 9.59 Å². The van der Waals surface area contributed by atoms with Gasteiger partial charge in [-0.05, 0) is 20.8 Å². The lowest BCUT2D eigenvalue weighted by atomic mass is 10.1. The molecule has 1 amide bonds. The van der Waals surface area contributed by atoms with Crippen molar-refractivity contribution in [2.75, 3.05) is 27.4 Å². The highest BCUT2D eigenvalue weighted by Gasteiger charge is 2.22. The number of hydrogen-bond donors (Lipinski definition) is 2. The van der Waals surface area contributed by atoms with Crippen molar-refractivity contribution in [3.8, 4) is 11.8 Å². The monoisotopic (exact) mass is 443 g/mol. The first-order chi connectivity index (χ1) is 10.1. The van der Waals surface area contributed by atoms with Crippen molar-refractivity contribution in [1.29, 1.82) is 0 Å². The van der Waals surface area contributed by atoms with Crippen molar-refractivity contribution in [1.82, 2.24) is 5.32 Å². The number of rotatable bonds is 7. The standard InChI is InChI=1S/C10H16BrNO2.C4H7BrO3/c1-5-6-10(2,3)12-9(13)8(11)7-14-4;1-8-2-3(5)4(6)7/h8H,7H2,1-4H3,(H,12,13);3H,2H2,1H3,(H,6,7). The Morgan fingerprint density at radius 3 is 1.95 bits per heavy atom. The Hall–Kier alpha value is -0.620. The number of carbonyl (C=O) groups excluding carboxylic acids is 1. The van der Waals surface area contributed by atoms with Crippen molar-refractivity contribution >= 4 is 43.7 Å². The summed E-state index contributed by atoms with van der Waals surface area (Å²) in [6.45, 7) is 6.01. The molecular weight excluding hydrogens is 422 g/mol. The van der Waals surface area contributed by atoms with E-state index in [4.69, 9.17) is 9.84 Å². The van der Waals surface area contributed by atoms with E-state index in [1.807, 2.05) is 13.8 Å². The molecular formula is C14H23Br2NO5. The van der Waals surface area contributed by atoms with Crippen LogP contribution in [0, 0.1) is 11.8 Å². The van der Waals surface area contributed by atoms with Crippen molar-refractivity contribution in [2.24, 2.45) is 0 Å². The van der Waals surface area contributed by atoms with E-state index in [9.17, 15) is 9.59 Å². The fraction of sp³-hybridized carbons (Fsp3) is 0.714. The average molecular weight is 445 g/mol. The highest BCUT2D eigenvalue weighted by Crippen LogP contribution is 2.05. The Balaban J connectivity index is 0. The van der Waals surface area contributed by atoms with Gasteiger partial charge < -0.3 is 19.9 Å². The normalized spacial score (nSPS) is 12.9. The van der Waals surface area contributed by atoms with E-state index in [1.165, 1.54) is 7.11 Å². The van der Waals surface area contributed by atoms with Crippen LogP contribution in [0.5, 0.6) is 0 Å². The molecule has 0 aliphatic heterocycles. The fourth-order valence-electron chi connectivity index (χ4n) is 1.17. The molecule has 2 atom stereocenters. The molecule has 0 rings (SSSR count). The van der Waals surface area contributed by atoms with Crippen molar-refractivity contribution in [3.05, 3.63) is 0 Å². The van der Waals surface area contributed by atoms with Crippen LogP contribution in [0.25, 0.3) is 0 Å². The third-order valence-electron chi connectivity index (χ3n) is 2.05. The highest BCUT2D eigenvalue weighted by atomic mass is 79.9. The molecule has 0 saturated carbocycles. The van der Waals surface area contributed by atoms with E-state index in [-0.39, 0.29) is 17.3 Å². The molecule has 0 aromatic carbocycles. The Labute approximate surface area is 148 Å². The topological polar surface area (TPSA) is 84.9 Å². The number of amides is 1. The Morgan fingerprint density at radius 1 is 1.18 bits per heavy atom. The summed E-state index contributed by atoms with van der Waals surface area (Å²) in [6.07, 6.45) is 0. The molecule has 0 heterocycles. The lowest BCUT2D eigenvalue weighted by molar-refractivity contribution is -0.137. The average Bonchev–Trinajstić information content (AvgIpc) is 2.39. The molecule has 0 fully saturated rings. The summed E-state index contributed by atoms with van der Waals surface area (Å²) < 4.78 is 9.39. The first-order valence-electron chi connectivity index (χ1n) is 6.36. The van der Waals surface area contributed by atoms with Crippen molar-refractivity contribution < 1.29 is 24.2 Å². The molecule has 0 bridgehead atoms. The molecule has 0 spiro atoms. The van der Waals surface area contributed by atoms with Gasteiger partial charge in [0.25, 0.3) is 0 Å². The molecule has 0 aliphatic rings. The Morgan fingerprint density at radius 2 is 1.64 bits per heavy atom. The lowest BCUT2D eigenvalue weighted by Gasteiger charge is -2.21. The summed E-state index contributed by atoms with van der Waals surface area (Å²) in [5.41, 5.74) is -0.494. The van der Waals surface area contributed by atoms with Gasteiger partial charge in [0.05, 0.1) is 18.8 Å². The number of carboxylic acid groups (broad SMARTS) is 1. The van der Waals surface area contributed by atoms with Gasteiger partial charge in [0.2, 0.25) is 5.91 Å². The number of methoxy groups -OCH3 is 2. The molecule has 0 aromatic rings. The molecule has 128 valence electrons. The summed E-state index contributed by atoms with van der Waals surface area (Å²) in [5, 5.41) is 11.0. The first-order valence-corrected chi connectivity index (χ1v) is 8.19. The van der Waals surface area contributed by atoms with Crippen LogP contribution in [0.15, 0.2) is 0 Å². The number of nitrogens with one attached hydrogen (secondary N) is 1. The van der Waals surface area contributed by atoms with Gasteiger partial charge in [0.1, 0.15) is 9.65 Å². The van der Waals surface area contributed by atoms with Crippen LogP contribution in [0.4, 0.5) is 0 Å². The maximum Gasteiger partial charge on any atom is 0.319 e. The van der Waals surface area contributed by atoms with Crippen LogP contribution in [-0.2, 0) is 19.1 Å². The lowest BCUT2D eigenvalue weighted by Crippen LogP contribution is -2.46. The maximum absolute atomic E-state index is 11.5. The minimum absolute atomic E-state index is 0.111.